The molecular weight excluding hydrogens is 390 g/mol. The van der Waals surface area contributed by atoms with E-state index in [0.717, 1.165) is 37.3 Å². The molecular formula is C19H29N7O4. The maximum Gasteiger partial charge on any atom is 0.332 e. The zero-order valence-corrected chi connectivity index (χ0v) is 17.6. The molecule has 0 unspecified atom stereocenters. The Labute approximate surface area is 174 Å². The van der Waals surface area contributed by atoms with E-state index in [9.17, 15) is 9.59 Å². The van der Waals surface area contributed by atoms with Gasteiger partial charge in [-0.05, 0) is 6.42 Å². The van der Waals surface area contributed by atoms with Gasteiger partial charge in [0.1, 0.15) is 0 Å². The predicted octanol–water partition coefficient (Wildman–Crippen LogP) is -0.979. The van der Waals surface area contributed by atoms with Crippen LogP contribution in [0.25, 0.3) is 11.2 Å². The third-order valence-corrected chi connectivity index (χ3v) is 5.58. The van der Waals surface area contributed by atoms with Gasteiger partial charge in [-0.25, -0.2) is 4.79 Å². The van der Waals surface area contributed by atoms with Crippen LogP contribution in [0.3, 0.4) is 0 Å². The molecule has 4 heterocycles. The molecule has 2 saturated heterocycles. The number of fused-ring (bicyclic) bond motifs is 1. The van der Waals surface area contributed by atoms with Gasteiger partial charge < -0.3 is 23.8 Å². The summed E-state index contributed by atoms with van der Waals surface area (Å²) in [5.41, 5.74) is 0.178. The first-order valence-electron chi connectivity index (χ1n) is 10.4. The number of nitrogens with zero attached hydrogens (tertiary/aromatic N) is 7. The zero-order chi connectivity index (χ0) is 21.1. The van der Waals surface area contributed by atoms with Crippen LogP contribution in [0.15, 0.2) is 14.6 Å². The largest absolute Gasteiger partial charge is 0.378 e. The summed E-state index contributed by atoms with van der Waals surface area (Å²) in [6.45, 7) is 7.06. The monoisotopic (exact) mass is 419 g/mol. The molecule has 0 radical (unpaired) electrons. The lowest BCUT2D eigenvalue weighted by Gasteiger charge is -2.28. The SMILES string of the molecule is Cn1c(=O)c2c(nc(N3CCOCC3)n2CCCN=CN2CCOCC2)n(C)c1=O. The van der Waals surface area contributed by atoms with Crippen LogP contribution >= 0.6 is 0 Å². The number of rotatable bonds is 6. The summed E-state index contributed by atoms with van der Waals surface area (Å²) in [5.74, 6) is 0.712. The Morgan fingerprint density at radius 1 is 1.00 bits per heavy atom. The van der Waals surface area contributed by atoms with Crippen LogP contribution in [0, 0.1) is 0 Å². The lowest BCUT2D eigenvalue weighted by atomic mass is 10.4. The highest BCUT2D eigenvalue weighted by Gasteiger charge is 2.23. The number of aryl methyl sites for hydroxylation is 2. The second-order valence-corrected chi connectivity index (χ2v) is 7.56. The lowest BCUT2D eigenvalue weighted by Crippen LogP contribution is -2.38. The van der Waals surface area contributed by atoms with Crippen molar-refractivity contribution in [1.29, 1.82) is 0 Å². The van der Waals surface area contributed by atoms with Gasteiger partial charge in [0.05, 0.1) is 32.8 Å². The summed E-state index contributed by atoms with van der Waals surface area (Å²) in [6, 6.07) is 0. The van der Waals surface area contributed by atoms with Crippen molar-refractivity contribution in [2.75, 3.05) is 64.1 Å². The summed E-state index contributed by atoms with van der Waals surface area (Å²) < 4.78 is 15.3. The topological polar surface area (TPSA) is 99.1 Å². The van der Waals surface area contributed by atoms with E-state index in [0.29, 0.717) is 56.5 Å². The highest BCUT2D eigenvalue weighted by Crippen LogP contribution is 2.21. The lowest BCUT2D eigenvalue weighted by molar-refractivity contribution is 0.0700. The van der Waals surface area contributed by atoms with Crippen molar-refractivity contribution >= 4 is 23.5 Å². The van der Waals surface area contributed by atoms with Gasteiger partial charge in [-0.15, -0.1) is 0 Å². The van der Waals surface area contributed by atoms with E-state index in [2.05, 4.69) is 14.8 Å². The normalized spacial score (nSPS) is 18.1. The molecule has 11 nitrogen and oxygen atoms in total. The molecule has 0 bridgehead atoms. The first-order chi connectivity index (χ1) is 14.6. The number of aliphatic imine (C=N–C) groups is 1. The standard InChI is InChI=1S/C19H29N7O4/c1-22-16-15(17(27)23(2)19(22)28)26(18(21-16)25-8-12-30-13-9-25)5-3-4-20-14-24-6-10-29-11-7-24/h14H,3-13H2,1-2H3. The second-order valence-electron chi connectivity index (χ2n) is 7.56. The quantitative estimate of drug-likeness (QED) is 0.337. The van der Waals surface area contributed by atoms with E-state index < -0.39 is 0 Å². The molecule has 4 rings (SSSR count). The van der Waals surface area contributed by atoms with Gasteiger partial charge in [0, 0.05) is 53.4 Å². The molecule has 2 aromatic rings. The summed E-state index contributed by atoms with van der Waals surface area (Å²) in [4.78, 5) is 38.8. The van der Waals surface area contributed by atoms with Crippen molar-refractivity contribution in [1.82, 2.24) is 23.6 Å². The maximum atomic E-state index is 12.9. The minimum Gasteiger partial charge on any atom is -0.378 e. The van der Waals surface area contributed by atoms with Crippen molar-refractivity contribution in [3.8, 4) is 0 Å². The van der Waals surface area contributed by atoms with Crippen LogP contribution in [0.4, 0.5) is 5.95 Å². The van der Waals surface area contributed by atoms with Crippen LogP contribution < -0.4 is 16.1 Å². The molecule has 2 fully saturated rings. The number of morpholine rings is 2. The van der Waals surface area contributed by atoms with Crippen molar-refractivity contribution in [3.63, 3.8) is 0 Å². The highest BCUT2D eigenvalue weighted by atomic mass is 16.5. The number of anilines is 1. The Morgan fingerprint density at radius 3 is 2.37 bits per heavy atom. The van der Waals surface area contributed by atoms with Crippen LogP contribution in [0.1, 0.15) is 6.42 Å². The molecule has 0 amide bonds. The average Bonchev–Trinajstić information content (AvgIpc) is 3.17. The molecule has 0 N–H and O–H groups in total. The van der Waals surface area contributed by atoms with Gasteiger partial charge in [0.25, 0.3) is 5.56 Å². The first kappa shape index (κ1) is 20.6. The minimum absolute atomic E-state index is 0.322. The van der Waals surface area contributed by atoms with E-state index in [1.807, 2.05) is 10.9 Å². The molecule has 0 aromatic carbocycles. The number of ether oxygens (including phenoxy) is 2. The van der Waals surface area contributed by atoms with E-state index in [4.69, 9.17) is 14.5 Å². The molecule has 0 aliphatic carbocycles. The van der Waals surface area contributed by atoms with Crippen LogP contribution in [-0.2, 0) is 30.1 Å². The van der Waals surface area contributed by atoms with Crippen LogP contribution in [0.2, 0.25) is 0 Å². The molecule has 11 heteroatoms. The van der Waals surface area contributed by atoms with E-state index in [-0.39, 0.29) is 11.2 Å². The summed E-state index contributed by atoms with van der Waals surface area (Å²) >= 11 is 0. The Hall–Kier alpha value is -2.66. The Balaban J connectivity index is 1.60. The van der Waals surface area contributed by atoms with Crippen molar-refractivity contribution in [2.45, 2.75) is 13.0 Å². The first-order valence-corrected chi connectivity index (χ1v) is 10.4. The number of hydrogen-bond donors (Lipinski definition) is 0. The predicted molar refractivity (Wildman–Crippen MR) is 114 cm³/mol. The van der Waals surface area contributed by atoms with Gasteiger partial charge >= 0.3 is 5.69 Å². The van der Waals surface area contributed by atoms with Crippen LogP contribution in [-0.4, -0.2) is 89.1 Å². The third-order valence-electron chi connectivity index (χ3n) is 5.58. The summed E-state index contributed by atoms with van der Waals surface area (Å²) in [7, 11) is 3.15. The van der Waals surface area contributed by atoms with Gasteiger partial charge in [-0.3, -0.25) is 18.9 Å². The maximum absolute atomic E-state index is 12.9. The molecule has 2 aliphatic rings. The molecule has 0 atom stereocenters. The van der Waals surface area contributed by atoms with Gasteiger partial charge in [-0.1, -0.05) is 0 Å². The van der Waals surface area contributed by atoms with Crippen molar-refractivity contribution in [2.24, 2.45) is 19.1 Å². The Morgan fingerprint density at radius 2 is 1.67 bits per heavy atom. The third kappa shape index (κ3) is 3.99. The Bertz CT molecular complexity index is 1030. The van der Waals surface area contributed by atoms with Crippen LogP contribution in [0.5, 0.6) is 0 Å². The zero-order valence-electron chi connectivity index (χ0n) is 17.6. The van der Waals surface area contributed by atoms with Crippen molar-refractivity contribution in [3.05, 3.63) is 20.8 Å². The summed E-state index contributed by atoms with van der Waals surface area (Å²) in [6.07, 6.45) is 2.65. The van der Waals surface area contributed by atoms with Gasteiger partial charge in [0.15, 0.2) is 11.2 Å². The van der Waals surface area contributed by atoms with Gasteiger partial charge in [-0.2, -0.15) is 4.98 Å². The molecule has 0 spiro atoms. The van der Waals surface area contributed by atoms with Gasteiger partial charge in [0.2, 0.25) is 5.95 Å². The molecule has 0 saturated carbocycles. The fourth-order valence-electron chi connectivity index (χ4n) is 3.84. The fraction of sp³-hybridized carbons (Fsp3) is 0.684. The number of imidazole rings is 1. The molecule has 30 heavy (non-hydrogen) atoms. The average molecular weight is 419 g/mol. The smallest absolute Gasteiger partial charge is 0.332 e. The number of aromatic nitrogens is 4. The highest BCUT2D eigenvalue weighted by molar-refractivity contribution is 5.74. The molecule has 164 valence electrons. The van der Waals surface area contributed by atoms with E-state index in [1.54, 1.807) is 7.05 Å². The molecule has 2 aliphatic heterocycles. The van der Waals surface area contributed by atoms with E-state index >= 15 is 0 Å². The van der Waals surface area contributed by atoms with E-state index in [1.165, 1.54) is 11.6 Å². The fourth-order valence-corrected chi connectivity index (χ4v) is 3.84. The Kier molecular flexibility index (Phi) is 6.18. The number of hydrogen-bond acceptors (Lipinski definition) is 7. The van der Waals surface area contributed by atoms with Crippen molar-refractivity contribution < 1.29 is 9.47 Å². The summed E-state index contributed by atoms with van der Waals surface area (Å²) in [5, 5.41) is 0. The minimum atomic E-state index is -0.374. The second kappa shape index (κ2) is 9.00. The molecule has 2 aromatic heterocycles.